The van der Waals surface area contributed by atoms with Crippen molar-refractivity contribution in [2.45, 2.75) is 11.3 Å². The lowest BCUT2D eigenvalue weighted by Crippen LogP contribution is -2.42. The molecule has 0 bridgehead atoms. The summed E-state index contributed by atoms with van der Waals surface area (Å²) in [5.41, 5.74) is 2.64. The molecule has 1 amide bonds. The molecule has 7 heteroatoms. The summed E-state index contributed by atoms with van der Waals surface area (Å²) in [4.78, 5) is 15.2. The summed E-state index contributed by atoms with van der Waals surface area (Å²) in [6.45, 7) is 0.399. The molecule has 1 aromatic heterocycles. The normalized spacial score (nSPS) is 15.2. The van der Waals surface area contributed by atoms with E-state index in [-0.39, 0.29) is 17.7 Å². The number of nitrogens with zero attached hydrogens (tertiary/aromatic N) is 3. The van der Waals surface area contributed by atoms with Gasteiger partial charge in [-0.2, -0.15) is 0 Å². The summed E-state index contributed by atoms with van der Waals surface area (Å²) in [6.07, 6.45) is 0. The van der Waals surface area contributed by atoms with Crippen LogP contribution in [0.25, 0.3) is 11.5 Å². The van der Waals surface area contributed by atoms with Crippen molar-refractivity contribution >= 4 is 23.4 Å². The Morgan fingerprint density at radius 1 is 0.935 bits per heavy atom. The Morgan fingerprint density at radius 3 is 2.45 bits per heavy atom. The zero-order valence-electron chi connectivity index (χ0n) is 16.5. The molecule has 5 rings (SSSR count). The van der Waals surface area contributed by atoms with Gasteiger partial charge in [-0.1, -0.05) is 72.4 Å². The van der Waals surface area contributed by atoms with Crippen molar-refractivity contribution in [1.29, 1.82) is 0 Å². The maximum Gasteiger partial charge on any atom is 0.277 e. The number of hydrogen-bond acceptors (Lipinski definition) is 6. The summed E-state index contributed by atoms with van der Waals surface area (Å²) in [5, 5.41) is 8.54. The Morgan fingerprint density at radius 2 is 1.65 bits per heavy atom. The molecule has 6 nitrogen and oxygen atoms in total. The highest BCUT2D eigenvalue weighted by molar-refractivity contribution is 7.99. The minimum absolute atomic E-state index is 0.0472. The van der Waals surface area contributed by atoms with Crippen molar-refractivity contribution in [3.63, 3.8) is 0 Å². The zero-order valence-corrected chi connectivity index (χ0v) is 17.4. The number of benzene rings is 3. The van der Waals surface area contributed by atoms with Gasteiger partial charge in [-0.25, -0.2) is 0 Å². The van der Waals surface area contributed by atoms with Gasteiger partial charge in [-0.15, -0.1) is 10.2 Å². The van der Waals surface area contributed by atoms with Crippen LogP contribution in [-0.4, -0.2) is 28.5 Å². The van der Waals surface area contributed by atoms with Crippen molar-refractivity contribution in [3.05, 3.63) is 90.5 Å². The Kier molecular flexibility index (Phi) is 5.41. The van der Waals surface area contributed by atoms with E-state index >= 15 is 0 Å². The van der Waals surface area contributed by atoms with Gasteiger partial charge in [0.15, 0.2) is 0 Å². The maximum atomic E-state index is 13.4. The fourth-order valence-corrected chi connectivity index (χ4v) is 4.20. The Balaban J connectivity index is 1.37. The second-order valence-corrected chi connectivity index (χ2v) is 7.92. The van der Waals surface area contributed by atoms with Crippen LogP contribution in [-0.2, 0) is 4.79 Å². The van der Waals surface area contributed by atoms with Crippen molar-refractivity contribution in [1.82, 2.24) is 10.2 Å². The molecule has 0 unspecified atom stereocenters. The first-order chi connectivity index (χ1) is 15.3. The van der Waals surface area contributed by atoms with Gasteiger partial charge in [0, 0.05) is 5.56 Å². The monoisotopic (exact) mass is 429 g/mol. The second-order valence-electron chi connectivity index (χ2n) is 7.00. The molecule has 0 aliphatic carbocycles. The third-order valence-electron chi connectivity index (χ3n) is 5.03. The predicted molar refractivity (Wildman–Crippen MR) is 119 cm³/mol. The quantitative estimate of drug-likeness (QED) is 0.416. The van der Waals surface area contributed by atoms with Crippen molar-refractivity contribution < 1.29 is 13.9 Å². The van der Waals surface area contributed by atoms with Crippen molar-refractivity contribution in [2.75, 3.05) is 17.3 Å². The van der Waals surface area contributed by atoms with Gasteiger partial charge >= 0.3 is 0 Å². The van der Waals surface area contributed by atoms with Crippen molar-refractivity contribution in [3.8, 4) is 17.2 Å². The summed E-state index contributed by atoms with van der Waals surface area (Å²) in [5.74, 6) is 1.27. The fourth-order valence-electron chi connectivity index (χ4n) is 3.58. The Hall–Kier alpha value is -3.58. The van der Waals surface area contributed by atoms with Gasteiger partial charge in [0.25, 0.3) is 5.22 Å². The lowest BCUT2D eigenvalue weighted by Gasteiger charge is -2.37. The maximum absolute atomic E-state index is 13.4. The van der Waals surface area contributed by atoms with E-state index in [2.05, 4.69) is 10.2 Å². The molecule has 1 aliphatic heterocycles. The third kappa shape index (κ3) is 4.04. The number of rotatable bonds is 5. The van der Waals surface area contributed by atoms with Crippen LogP contribution in [0.3, 0.4) is 0 Å². The van der Waals surface area contributed by atoms with Crippen LogP contribution in [0.15, 0.2) is 94.6 Å². The highest BCUT2D eigenvalue weighted by atomic mass is 32.2. The van der Waals surface area contributed by atoms with E-state index in [0.717, 1.165) is 16.8 Å². The summed E-state index contributed by atoms with van der Waals surface area (Å²) in [7, 11) is 0. The number of carbonyl (C=O) groups excluding carboxylic acids is 1. The number of amides is 1. The first-order valence-electron chi connectivity index (χ1n) is 9.90. The minimum Gasteiger partial charge on any atom is -0.489 e. The predicted octanol–water partition coefficient (Wildman–Crippen LogP) is 5.00. The smallest absolute Gasteiger partial charge is 0.277 e. The van der Waals surface area contributed by atoms with E-state index in [1.165, 1.54) is 11.8 Å². The third-order valence-corrected chi connectivity index (χ3v) is 5.84. The number of ether oxygens (including phenoxy) is 1. The topological polar surface area (TPSA) is 68.5 Å². The van der Waals surface area contributed by atoms with Crippen LogP contribution in [0.5, 0.6) is 5.75 Å². The molecule has 0 spiro atoms. The summed E-state index contributed by atoms with van der Waals surface area (Å²) in [6, 6.07) is 26.9. The lowest BCUT2D eigenvalue weighted by molar-refractivity contribution is -0.117. The number of anilines is 1. The second kappa shape index (κ2) is 8.65. The Labute approximate surface area is 183 Å². The van der Waals surface area contributed by atoms with Crippen molar-refractivity contribution in [2.24, 2.45) is 0 Å². The average Bonchev–Trinajstić information content (AvgIpc) is 3.32. The number of para-hydroxylation sites is 2. The highest BCUT2D eigenvalue weighted by Crippen LogP contribution is 2.39. The molecule has 1 atom stereocenters. The molecule has 31 heavy (non-hydrogen) atoms. The van der Waals surface area contributed by atoms with Crippen LogP contribution in [0.2, 0.25) is 0 Å². The lowest BCUT2D eigenvalue weighted by atomic mass is 10.0. The van der Waals surface area contributed by atoms with Gasteiger partial charge < -0.3 is 9.15 Å². The molecule has 154 valence electrons. The molecule has 0 saturated heterocycles. The zero-order chi connectivity index (χ0) is 21.0. The number of fused-ring (bicyclic) bond motifs is 1. The summed E-state index contributed by atoms with van der Waals surface area (Å²) >= 11 is 1.24. The van der Waals surface area contributed by atoms with Gasteiger partial charge in [0.1, 0.15) is 12.4 Å². The molecule has 0 radical (unpaired) electrons. The van der Waals surface area contributed by atoms with Crippen LogP contribution in [0, 0.1) is 0 Å². The largest absolute Gasteiger partial charge is 0.489 e. The van der Waals surface area contributed by atoms with Crippen LogP contribution < -0.4 is 9.64 Å². The number of aromatic nitrogens is 2. The SMILES string of the molecule is O=C(CSc1nnc(-c2ccccc2)o1)N1c2ccccc2OC[C@@H]1c1ccccc1. The van der Waals surface area contributed by atoms with Gasteiger partial charge in [-0.05, 0) is 29.8 Å². The first-order valence-corrected chi connectivity index (χ1v) is 10.9. The van der Waals surface area contributed by atoms with E-state index in [9.17, 15) is 4.79 Å². The molecule has 4 aromatic rings. The minimum atomic E-state index is -0.202. The molecule has 0 N–H and O–H groups in total. The fraction of sp³-hybridized carbons (Fsp3) is 0.125. The first kappa shape index (κ1) is 19.4. The van der Waals surface area contributed by atoms with Gasteiger partial charge in [-0.3, -0.25) is 9.69 Å². The van der Waals surface area contributed by atoms with Gasteiger partial charge in [0.2, 0.25) is 11.8 Å². The molecule has 1 aliphatic rings. The molecule has 0 saturated carbocycles. The van der Waals surface area contributed by atoms with E-state index in [0.29, 0.717) is 23.5 Å². The highest BCUT2D eigenvalue weighted by Gasteiger charge is 2.33. The van der Waals surface area contributed by atoms with Crippen LogP contribution in [0.1, 0.15) is 11.6 Å². The van der Waals surface area contributed by atoms with E-state index in [1.807, 2.05) is 89.8 Å². The molecule has 2 heterocycles. The van der Waals surface area contributed by atoms with E-state index < -0.39 is 0 Å². The number of carbonyl (C=O) groups is 1. The summed E-state index contributed by atoms with van der Waals surface area (Å²) < 4.78 is 11.7. The molecular weight excluding hydrogens is 410 g/mol. The van der Waals surface area contributed by atoms with Gasteiger partial charge in [0.05, 0.1) is 17.5 Å². The standard InChI is InChI=1S/C24H19N3O3S/c28-22(16-31-24-26-25-23(30-24)18-11-5-2-6-12-18)27-19-13-7-8-14-21(19)29-15-20(27)17-9-3-1-4-10-17/h1-14,20H,15-16H2/t20-/m1/s1. The number of hydrogen-bond donors (Lipinski definition) is 0. The molecule has 0 fully saturated rings. The van der Waals surface area contributed by atoms with Crippen LogP contribution >= 0.6 is 11.8 Å². The van der Waals surface area contributed by atoms with Crippen LogP contribution in [0.4, 0.5) is 5.69 Å². The van der Waals surface area contributed by atoms with E-state index in [4.69, 9.17) is 9.15 Å². The Bertz CT molecular complexity index is 1180. The molecule has 3 aromatic carbocycles. The number of thioether (sulfide) groups is 1. The van der Waals surface area contributed by atoms with E-state index in [1.54, 1.807) is 0 Å². The molecular formula is C24H19N3O3S. The average molecular weight is 430 g/mol.